The summed E-state index contributed by atoms with van der Waals surface area (Å²) in [5, 5.41) is 0. The van der Waals surface area contributed by atoms with Crippen LogP contribution in [0.3, 0.4) is 0 Å². The molecule has 1 aliphatic carbocycles. The average Bonchev–Trinajstić information content (AvgIpc) is 2.62. The molecule has 0 N–H and O–H groups in total. The molecule has 2 aromatic rings. The standard InChI is InChI=1S/C19H24N4/c1-14-9-12-23(13-10-14)19-15-6-2-3-7-16(15)21-18(22-19)17-8-4-5-11-20-17/h4-5,8,11,14H,2-3,6-7,9-10,12-13H2,1H3. The van der Waals surface area contributed by atoms with Gasteiger partial charge in [0.05, 0.1) is 0 Å². The first kappa shape index (κ1) is 14.6. The molecule has 0 aromatic carbocycles. The third-order valence-electron chi connectivity index (χ3n) is 5.14. The predicted octanol–water partition coefficient (Wildman–Crippen LogP) is 3.65. The van der Waals surface area contributed by atoms with Crippen LogP contribution in [-0.4, -0.2) is 28.0 Å². The van der Waals surface area contributed by atoms with Crippen LogP contribution in [0.4, 0.5) is 5.82 Å². The Morgan fingerprint density at radius 1 is 1.04 bits per heavy atom. The van der Waals surface area contributed by atoms with E-state index in [2.05, 4.69) is 16.8 Å². The minimum atomic E-state index is 0.792. The second kappa shape index (κ2) is 6.26. The van der Waals surface area contributed by atoms with Crippen LogP contribution >= 0.6 is 0 Å². The van der Waals surface area contributed by atoms with E-state index in [-0.39, 0.29) is 0 Å². The predicted molar refractivity (Wildman–Crippen MR) is 92.5 cm³/mol. The monoisotopic (exact) mass is 308 g/mol. The van der Waals surface area contributed by atoms with Crippen molar-refractivity contribution >= 4 is 5.82 Å². The molecule has 0 spiro atoms. The van der Waals surface area contributed by atoms with Crippen molar-refractivity contribution in [3.63, 3.8) is 0 Å². The molecule has 1 saturated heterocycles. The fourth-order valence-electron chi connectivity index (χ4n) is 3.67. The minimum Gasteiger partial charge on any atom is -0.356 e. The van der Waals surface area contributed by atoms with Gasteiger partial charge in [0, 0.05) is 30.5 Å². The quantitative estimate of drug-likeness (QED) is 0.849. The molecule has 0 bridgehead atoms. The second-order valence-corrected chi connectivity index (χ2v) is 6.89. The summed E-state index contributed by atoms with van der Waals surface area (Å²) in [7, 11) is 0. The molecule has 1 aliphatic heterocycles. The van der Waals surface area contributed by atoms with E-state index in [9.17, 15) is 0 Å². The fourth-order valence-corrected chi connectivity index (χ4v) is 3.67. The lowest BCUT2D eigenvalue weighted by Crippen LogP contribution is -2.35. The van der Waals surface area contributed by atoms with Crippen molar-refractivity contribution in [1.29, 1.82) is 0 Å². The van der Waals surface area contributed by atoms with Crippen molar-refractivity contribution in [3.05, 3.63) is 35.7 Å². The number of pyridine rings is 1. The molecular weight excluding hydrogens is 284 g/mol. The summed E-state index contributed by atoms with van der Waals surface area (Å²) >= 11 is 0. The van der Waals surface area contributed by atoms with Gasteiger partial charge in [-0.15, -0.1) is 0 Å². The van der Waals surface area contributed by atoms with E-state index in [1.807, 2.05) is 24.4 Å². The van der Waals surface area contributed by atoms with Gasteiger partial charge in [-0.3, -0.25) is 4.98 Å². The van der Waals surface area contributed by atoms with E-state index in [4.69, 9.17) is 9.97 Å². The van der Waals surface area contributed by atoms with Gasteiger partial charge >= 0.3 is 0 Å². The van der Waals surface area contributed by atoms with Crippen LogP contribution in [0.1, 0.15) is 43.9 Å². The molecule has 120 valence electrons. The van der Waals surface area contributed by atoms with Crippen molar-refractivity contribution in [1.82, 2.24) is 15.0 Å². The molecule has 1 fully saturated rings. The first-order chi connectivity index (χ1) is 11.3. The molecule has 3 heterocycles. The Morgan fingerprint density at radius 3 is 2.65 bits per heavy atom. The Bertz CT molecular complexity index is 675. The summed E-state index contributed by atoms with van der Waals surface area (Å²) in [4.78, 5) is 16.7. The van der Waals surface area contributed by atoms with Gasteiger partial charge < -0.3 is 4.90 Å². The maximum absolute atomic E-state index is 4.96. The number of fused-ring (bicyclic) bond motifs is 1. The minimum absolute atomic E-state index is 0.792. The number of rotatable bonds is 2. The van der Waals surface area contributed by atoms with E-state index < -0.39 is 0 Å². The Hall–Kier alpha value is -1.97. The molecule has 0 radical (unpaired) electrons. The number of aromatic nitrogens is 3. The SMILES string of the molecule is CC1CCN(c2nc(-c3ccccn3)nc3c2CCCC3)CC1. The molecule has 4 nitrogen and oxygen atoms in total. The molecule has 0 amide bonds. The third kappa shape index (κ3) is 2.94. The Balaban J connectivity index is 1.77. The summed E-state index contributed by atoms with van der Waals surface area (Å²) in [6.07, 6.45) is 9.04. The smallest absolute Gasteiger partial charge is 0.180 e. The number of anilines is 1. The lowest BCUT2D eigenvalue weighted by molar-refractivity contribution is 0.435. The molecule has 4 heteroatoms. The average molecular weight is 308 g/mol. The van der Waals surface area contributed by atoms with Crippen LogP contribution in [0.15, 0.2) is 24.4 Å². The van der Waals surface area contributed by atoms with Crippen LogP contribution in [0.5, 0.6) is 0 Å². The van der Waals surface area contributed by atoms with Crippen LogP contribution < -0.4 is 4.90 Å². The summed E-state index contributed by atoms with van der Waals surface area (Å²) in [6, 6.07) is 5.95. The number of hydrogen-bond acceptors (Lipinski definition) is 4. The highest BCUT2D eigenvalue weighted by Gasteiger charge is 2.24. The molecule has 2 aliphatic rings. The molecule has 0 unspecified atom stereocenters. The van der Waals surface area contributed by atoms with Gasteiger partial charge in [0.1, 0.15) is 11.5 Å². The zero-order valence-electron chi connectivity index (χ0n) is 13.8. The highest BCUT2D eigenvalue weighted by atomic mass is 15.2. The number of hydrogen-bond donors (Lipinski definition) is 0. The van der Waals surface area contributed by atoms with Gasteiger partial charge in [0.2, 0.25) is 0 Å². The molecule has 4 rings (SSSR count). The number of aryl methyl sites for hydroxylation is 1. The maximum Gasteiger partial charge on any atom is 0.180 e. The third-order valence-corrected chi connectivity index (χ3v) is 5.14. The molecule has 0 saturated carbocycles. The Morgan fingerprint density at radius 2 is 1.87 bits per heavy atom. The first-order valence-corrected chi connectivity index (χ1v) is 8.87. The summed E-state index contributed by atoms with van der Waals surface area (Å²) in [6.45, 7) is 4.59. The van der Waals surface area contributed by atoms with Crippen LogP contribution in [-0.2, 0) is 12.8 Å². The van der Waals surface area contributed by atoms with Crippen LogP contribution in [0.2, 0.25) is 0 Å². The largest absolute Gasteiger partial charge is 0.356 e. The van der Waals surface area contributed by atoms with Gasteiger partial charge in [-0.2, -0.15) is 0 Å². The van der Waals surface area contributed by atoms with Crippen molar-refractivity contribution in [2.75, 3.05) is 18.0 Å². The molecule has 0 atom stereocenters. The van der Waals surface area contributed by atoms with Gasteiger partial charge in [-0.1, -0.05) is 13.0 Å². The van der Waals surface area contributed by atoms with Crippen molar-refractivity contribution < 1.29 is 0 Å². The normalized spacial score (nSPS) is 18.7. The lowest BCUT2D eigenvalue weighted by atomic mass is 9.94. The molecule has 23 heavy (non-hydrogen) atoms. The van der Waals surface area contributed by atoms with E-state index in [0.717, 1.165) is 43.4 Å². The first-order valence-electron chi connectivity index (χ1n) is 8.87. The van der Waals surface area contributed by atoms with Gasteiger partial charge in [-0.05, 0) is 56.6 Å². The van der Waals surface area contributed by atoms with Crippen LogP contribution in [0, 0.1) is 5.92 Å². The van der Waals surface area contributed by atoms with E-state index >= 15 is 0 Å². The van der Waals surface area contributed by atoms with Crippen molar-refractivity contribution in [3.8, 4) is 11.5 Å². The van der Waals surface area contributed by atoms with Gasteiger partial charge in [-0.25, -0.2) is 9.97 Å². The topological polar surface area (TPSA) is 41.9 Å². The summed E-state index contributed by atoms with van der Waals surface area (Å²) < 4.78 is 0. The highest BCUT2D eigenvalue weighted by molar-refractivity contribution is 5.58. The van der Waals surface area contributed by atoms with Crippen LogP contribution in [0.25, 0.3) is 11.5 Å². The highest BCUT2D eigenvalue weighted by Crippen LogP contribution is 2.32. The maximum atomic E-state index is 4.96. The zero-order chi connectivity index (χ0) is 15.6. The zero-order valence-corrected chi connectivity index (χ0v) is 13.8. The Kier molecular flexibility index (Phi) is 3.98. The number of piperidine rings is 1. The van der Waals surface area contributed by atoms with E-state index in [1.54, 1.807) is 0 Å². The Labute approximate surface area is 138 Å². The van der Waals surface area contributed by atoms with Gasteiger partial charge in [0.15, 0.2) is 5.82 Å². The molecule has 2 aromatic heterocycles. The van der Waals surface area contributed by atoms with Crippen molar-refractivity contribution in [2.24, 2.45) is 5.92 Å². The van der Waals surface area contributed by atoms with Crippen molar-refractivity contribution in [2.45, 2.75) is 45.4 Å². The summed E-state index contributed by atoms with van der Waals surface area (Å²) in [5.41, 5.74) is 3.53. The van der Waals surface area contributed by atoms with Gasteiger partial charge in [0.25, 0.3) is 0 Å². The molecular formula is C19H24N4. The second-order valence-electron chi connectivity index (χ2n) is 6.89. The van der Waals surface area contributed by atoms with E-state index in [0.29, 0.717) is 0 Å². The lowest BCUT2D eigenvalue weighted by Gasteiger charge is -2.34. The summed E-state index contributed by atoms with van der Waals surface area (Å²) in [5.74, 6) is 2.81. The fraction of sp³-hybridized carbons (Fsp3) is 0.526. The van der Waals surface area contributed by atoms with E-state index in [1.165, 1.54) is 42.8 Å². The number of nitrogens with zero attached hydrogens (tertiary/aromatic N) is 4.